The van der Waals surface area contributed by atoms with E-state index in [2.05, 4.69) is 28.5 Å². The molecule has 4 heteroatoms. The minimum absolute atomic E-state index is 0.0925. The van der Waals surface area contributed by atoms with Gasteiger partial charge in [0.25, 0.3) is 0 Å². The molecule has 1 N–H and O–H groups in total. The Morgan fingerprint density at radius 3 is 2.58 bits per heavy atom. The first-order chi connectivity index (χ1) is 15.3. The number of nitrogens with zero attached hydrogens (tertiary/aromatic N) is 1. The first kappa shape index (κ1) is 22.0. The number of unbranched alkanes of at least 4 members (excludes halogenated alkanes) is 1. The summed E-state index contributed by atoms with van der Waals surface area (Å²) in [5, 5.41) is 2.95. The van der Waals surface area contributed by atoms with Crippen LogP contribution in [0, 0.1) is 0 Å². The molecule has 0 atom stereocenters. The molecule has 2 aromatic carbocycles. The molecule has 0 spiro atoms. The zero-order valence-corrected chi connectivity index (χ0v) is 17.8. The molecular formula is C27H28N2O2. The van der Waals surface area contributed by atoms with Crippen LogP contribution in [0.2, 0.25) is 0 Å². The molecule has 1 aromatic heterocycles. The number of benzene rings is 2. The van der Waals surface area contributed by atoms with Crippen molar-refractivity contribution in [3.63, 3.8) is 0 Å². The highest BCUT2D eigenvalue weighted by atomic mass is 16.5. The second-order valence-electron chi connectivity index (χ2n) is 7.12. The number of methoxy groups -OCH3 is 1. The number of rotatable bonds is 10. The summed E-state index contributed by atoms with van der Waals surface area (Å²) in [6.45, 7) is 0.658. The number of ether oxygens (including phenoxy) is 1. The van der Waals surface area contributed by atoms with Gasteiger partial charge in [-0.15, -0.1) is 0 Å². The highest BCUT2D eigenvalue weighted by molar-refractivity contribution is 5.89. The van der Waals surface area contributed by atoms with E-state index in [1.165, 1.54) is 5.56 Å². The molecule has 3 aromatic rings. The third-order valence-electron chi connectivity index (χ3n) is 4.91. The number of nitrogens with one attached hydrogen (secondary N) is 1. The van der Waals surface area contributed by atoms with E-state index in [9.17, 15) is 4.79 Å². The molecule has 0 aliphatic heterocycles. The maximum Gasteiger partial charge on any atom is 0.243 e. The minimum Gasteiger partial charge on any atom is -0.496 e. The smallest absolute Gasteiger partial charge is 0.243 e. The van der Waals surface area contributed by atoms with Crippen molar-refractivity contribution < 1.29 is 9.53 Å². The summed E-state index contributed by atoms with van der Waals surface area (Å²) in [5.74, 6) is 0.703. The van der Waals surface area contributed by atoms with E-state index in [1.807, 2.05) is 60.8 Å². The van der Waals surface area contributed by atoms with Crippen LogP contribution in [0.3, 0.4) is 0 Å². The number of aromatic nitrogens is 1. The standard InChI is InChI=1S/C27H28N2O2/c1-31-26-17-6-5-15-25(26)24(23-13-3-2-4-14-23)16-9-18-27(30)29-20-8-7-11-22-12-10-19-28-21-22/h2-6,9-10,12-19,21H,7-8,11,20H2,1H3,(H,29,30). The van der Waals surface area contributed by atoms with Gasteiger partial charge < -0.3 is 10.1 Å². The van der Waals surface area contributed by atoms with Crippen molar-refractivity contribution >= 4 is 11.5 Å². The van der Waals surface area contributed by atoms with Crippen LogP contribution in [0.1, 0.15) is 29.5 Å². The number of amides is 1. The van der Waals surface area contributed by atoms with E-state index in [1.54, 1.807) is 25.5 Å². The van der Waals surface area contributed by atoms with Gasteiger partial charge in [-0.2, -0.15) is 0 Å². The SMILES string of the molecule is COc1ccccc1C(=CC=CC(=O)NCCCCc1cccnc1)c1ccccc1. The van der Waals surface area contributed by atoms with Gasteiger partial charge in [0.1, 0.15) is 5.75 Å². The summed E-state index contributed by atoms with van der Waals surface area (Å²) in [5.41, 5.74) is 4.27. The number of hydrogen-bond acceptors (Lipinski definition) is 3. The van der Waals surface area contributed by atoms with Gasteiger partial charge in [0.2, 0.25) is 5.91 Å². The predicted molar refractivity (Wildman–Crippen MR) is 126 cm³/mol. The lowest BCUT2D eigenvalue weighted by Gasteiger charge is -2.12. The van der Waals surface area contributed by atoms with Crippen LogP contribution in [-0.4, -0.2) is 24.5 Å². The van der Waals surface area contributed by atoms with Crippen LogP contribution < -0.4 is 10.1 Å². The summed E-state index contributed by atoms with van der Waals surface area (Å²) in [6, 6.07) is 22.0. The number of hydrogen-bond donors (Lipinski definition) is 1. The van der Waals surface area contributed by atoms with E-state index in [4.69, 9.17) is 4.74 Å². The molecule has 1 heterocycles. The molecule has 0 saturated carbocycles. The summed E-state index contributed by atoms with van der Waals surface area (Å²) >= 11 is 0. The van der Waals surface area contributed by atoms with Crippen molar-refractivity contribution in [2.75, 3.05) is 13.7 Å². The van der Waals surface area contributed by atoms with E-state index in [-0.39, 0.29) is 5.91 Å². The van der Waals surface area contributed by atoms with Crippen molar-refractivity contribution in [2.24, 2.45) is 0 Å². The fourth-order valence-corrected chi connectivity index (χ4v) is 3.33. The van der Waals surface area contributed by atoms with Crippen LogP contribution in [0.25, 0.3) is 5.57 Å². The van der Waals surface area contributed by atoms with Crippen LogP contribution >= 0.6 is 0 Å². The van der Waals surface area contributed by atoms with Crippen LogP contribution in [0.4, 0.5) is 0 Å². The van der Waals surface area contributed by atoms with Crippen molar-refractivity contribution in [2.45, 2.75) is 19.3 Å². The Kier molecular flexibility index (Phi) is 8.62. The second kappa shape index (κ2) is 12.1. The molecule has 1 amide bonds. The Morgan fingerprint density at radius 1 is 1.00 bits per heavy atom. The topological polar surface area (TPSA) is 51.2 Å². The monoisotopic (exact) mass is 412 g/mol. The number of carbonyl (C=O) groups is 1. The van der Waals surface area contributed by atoms with Gasteiger partial charge in [0.15, 0.2) is 0 Å². The van der Waals surface area contributed by atoms with Crippen LogP contribution in [0.15, 0.2) is 97.4 Å². The van der Waals surface area contributed by atoms with Gasteiger partial charge in [-0.05, 0) is 48.1 Å². The lowest BCUT2D eigenvalue weighted by Crippen LogP contribution is -2.22. The Bertz CT molecular complexity index is 1010. The molecule has 0 bridgehead atoms. The van der Waals surface area contributed by atoms with Gasteiger partial charge >= 0.3 is 0 Å². The molecule has 31 heavy (non-hydrogen) atoms. The largest absolute Gasteiger partial charge is 0.496 e. The Labute approximate surface area is 184 Å². The lowest BCUT2D eigenvalue weighted by molar-refractivity contribution is -0.116. The molecule has 158 valence electrons. The predicted octanol–water partition coefficient (Wildman–Crippen LogP) is 5.22. The average Bonchev–Trinajstić information content (AvgIpc) is 2.83. The van der Waals surface area contributed by atoms with Crippen molar-refractivity contribution in [3.8, 4) is 5.75 Å². The van der Waals surface area contributed by atoms with E-state index in [0.29, 0.717) is 6.54 Å². The highest BCUT2D eigenvalue weighted by Crippen LogP contribution is 2.30. The molecule has 4 nitrogen and oxygen atoms in total. The third kappa shape index (κ3) is 6.96. The van der Waals surface area contributed by atoms with E-state index >= 15 is 0 Å². The van der Waals surface area contributed by atoms with Crippen molar-refractivity contribution in [1.82, 2.24) is 10.3 Å². The molecule has 0 saturated heterocycles. The summed E-state index contributed by atoms with van der Waals surface area (Å²) < 4.78 is 5.54. The number of carbonyl (C=O) groups excluding carboxylic acids is 1. The normalized spacial score (nSPS) is 11.5. The summed E-state index contributed by atoms with van der Waals surface area (Å²) in [4.78, 5) is 16.3. The van der Waals surface area contributed by atoms with Gasteiger partial charge in [-0.25, -0.2) is 0 Å². The summed E-state index contributed by atoms with van der Waals surface area (Å²) in [7, 11) is 1.67. The van der Waals surface area contributed by atoms with Crippen molar-refractivity contribution in [1.29, 1.82) is 0 Å². The van der Waals surface area contributed by atoms with E-state index in [0.717, 1.165) is 41.7 Å². The fraction of sp³-hybridized carbons (Fsp3) is 0.185. The quantitative estimate of drug-likeness (QED) is 0.282. The molecule has 0 radical (unpaired) electrons. The highest BCUT2D eigenvalue weighted by Gasteiger charge is 2.09. The van der Waals surface area contributed by atoms with Gasteiger partial charge in [0, 0.05) is 30.6 Å². The second-order valence-corrected chi connectivity index (χ2v) is 7.12. The van der Waals surface area contributed by atoms with Crippen LogP contribution in [0.5, 0.6) is 5.75 Å². The third-order valence-corrected chi connectivity index (χ3v) is 4.91. The molecule has 3 rings (SSSR count). The first-order valence-electron chi connectivity index (χ1n) is 10.5. The molecule has 0 aliphatic rings. The Morgan fingerprint density at radius 2 is 1.81 bits per heavy atom. The summed E-state index contributed by atoms with van der Waals surface area (Å²) in [6.07, 6.45) is 11.9. The first-order valence-corrected chi connectivity index (χ1v) is 10.5. The Balaban J connectivity index is 1.58. The number of para-hydroxylation sites is 1. The fourth-order valence-electron chi connectivity index (χ4n) is 3.33. The van der Waals surface area contributed by atoms with Gasteiger partial charge in [-0.3, -0.25) is 9.78 Å². The maximum absolute atomic E-state index is 12.2. The maximum atomic E-state index is 12.2. The Hall–Kier alpha value is -3.66. The molecule has 0 aliphatic carbocycles. The zero-order valence-electron chi connectivity index (χ0n) is 17.8. The number of aryl methyl sites for hydroxylation is 1. The average molecular weight is 413 g/mol. The van der Waals surface area contributed by atoms with Gasteiger partial charge in [0.05, 0.1) is 7.11 Å². The number of pyridine rings is 1. The number of allylic oxidation sites excluding steroid dienone is 2. The minimum atomic E-state index is -0.0925. The molecular weight excluding hydrogens is 384 g/mol. The molecule has 0 fully saturated rings. The van der Waals surface area contributed by atoms with Crippen LogP contribution in [-0.2, 0) is 11.2 Å². The van der Waals surface area contributed by atoms with Crippen molar-refractivity contribution in [3.05, 3.63) is 114 Å². The van der Waals surface area contributed by atoms with E-state index < -0.39 is 0 Å². The lowest BCUT2D eigenvalue weighted by atomic mass is 9.96. The zero-order chi connectivity index (χ0) is 21.7. The van der Waals surface area contributed by atoms with Gasteiger partial charge in [-0.1, -0.05) is 66.7 Å². The molecule has 0 unspecified atom stereocenters.